The minimum Gasteiger partial charge on any atom is -0.490 e. The third-order valence-corrected chi connectivity index (χ3v) is 4.83. The lowest BCUT2D eigenvalue weighted by Crippen LogP contribution is -2.30. The number of nitrogens with zero attached hydrogens (tertiary/aromatic N) is 1. The number of carboxylic acid groups (broad SMARTS) is 1. The van der Waals surface area contributed by atoms with Gasteiger partial charge >= 0.3 is 5.97 Å². The molecular weight excluding hydrogens is 374 g/mol. The number of amides is 1. The standard InChI is InChI=1S/C18H21NO5S2/c1-3-9-24-13-6-5-12(10-14(13)23-4-2)11-15-17(22)19(18(25)26-15)8-7-16(20)21/h5-6,10-11H,3-4,7-9H2,1-2H3,(H,20,21)/b15-11-. The molecule has 0 atom stereocenters. The third kappa shape index (κ3) is 5.22. The first-order valence-electron chi connectivity index (χ1n) is 8.33. The first-order chi connectivity index (χ1) is 12.5. The minimum atomic E-state index is -0.966. The van der Waals surface area contributed by atoms with Gasteiger partial charge in [-0.25, -0.2) is 0 Å². The number of aliphatic carboxylic acids is 1. The molecule has 0 saturated carbocycles. The summed E-state index contributed by atoms with van der Waals surface area (Å²) in [6.07, 6.45) is 2.48. The highest BCUT2D eigenvalue weighted by Crippen LogP contribution is 2.35. The molecule has 1 aromatic rings. The Bertz CT molecular complexity index is 732. The Hall–Kier alpha value is -2.06. The highest BCUT2D eigenvalue weighted by Gasteiger charge is 2.32. The van der Waals surface area contributed by atoms with Gasteiger partial charge in [0, 0.05) is 6.54 Å². The summed E-state index contributed by atoms with van der Waals surface area (Å²) in [4.78, 5) is 25.0. The van der Waals surface area contributed by atoms with Gasteiger partial charge in [0.15, 0.2) is 11.5 Å². The van der Waals surface area contributed by atoms with Crippen molar-refractivity contribution < 1.29 is 24.2 Å². The molecule has 0 aromatic heterocycles. The molecule has 6 nitrogen and oxygen atoms in total. The van der Waals surface area contributed by atoms with Crippen LogP contribution in [0, 0.1) is 0 Å². The zero-order valence-electron chi connectivity index (χ0n) is 14.7. The molecule has 140 valence electrons. The van der Waals surface area contributed by atoms with Crippen LogP contribution in [0.3, 0.4) is 0 Å². The lowest BCUT2D eigenvalue weighted by atomic mass is 10.2. The van der Waals surface area contributed by atoms with E-state index in [2.05, 4.69) is 0 Å². The fraction of sp³-hybridized carbons (Fsp3) is 0.389. The Morgan fingerprint density at radius 2 is 2.08 bits per heavy atom. The molecule has 8 heteroatoms. The molecule has 0 aliphatic carbocycles. The van der Waals surface area contributed by atoms with Crippen molar-refractivity contribution in [3.63, 3.8) is 0 Å². The van der Waals surface area contributed by atoms with Crippen molar-refractivity contribution >= 4 is 46.3 Å². The van der Waals surface area contributed by atoms with Crippen LogP contribution in [-0.2, 0) is 9.59 Å². The highest BCUT2D eigenvalue weighted by molar-refractivity contribution is 8.26. The Labute approximate surface area is 162 Å². The van der Waals surface area contributed by atoms with Crippen molar-refractivity contribution in [2.75, 3.05) is 19.8 Å². The van der Waals surface area contributed by atoms with Crippen molar-refractivity contribution in [2.45, 2.75) is 26.7 Å². The molecule has 26 heavy (non-hydrogen) atoms. The van der Waals surface area contributed by atoms with Gasteiger partial charge in [0.2, 0.25) is 0 Å². The van der Waals surface area contributed by atoms with E-state index in [1.54, 1.807) is 6.08 Å². The number of rotatable bonds is 9. The summed E-state index contributed by atoms with van der Waals surface area (Å²) in [6.45, 7) is 5.10. The van der Waals surface area contributed by atoms with E-state index < -0.39 is 5.97 Å². The van der Waals surface area contributed by atoms with E-state index in [1.165, 1.54) is 16.7 Å². The normalized spacial score (nSPS) is 15.6. The van der Waals surface area contributed by atoms with Crippen LogP contribution >= 0.6 is 24.0 Å². The minimum absolute atomic E-state index is 0.0747. The Balaban J connectivity index is 2.20. The molecule has 1 N–H and O–H groups in total. The Kier molecular flexibility index (Phi) is 7.47. The second kappa shape index (κ2) is 9.59. The predicted molar refractivity (Wildman–Crippen MR) is 106 cm³/mol. The van der Waals surface area contributed by atoms with Crippen LogP contribution in [0.5, 0.6) is 11.5 Å². The van der Waals surface area contributed by atoms with Gasteiger partial charge in [-0.2, -0.15) is 0 Å². The van der Waals surface area contributed by atoms with Crippen molar-refractivity contribution in [3.8, 4) is 11.5 Å². The quantitative estimate of drug-likeness (QED) is 0.506. The number of thiocarbonyl (C=S) groups is 1. The zero-order valence-corrected chi connectivity index (χ0v) is 16.3. The molecule has 1 aromatic carbocycles. The molecule has 0 radical (unpaired) electrons. The van der Waals surface area contributed by atoms with Crippen LogP contribution in [0.2, 0.25) is 0 Å². The van der Waals surface area contributed by atoms with Gasteiger partial charge < -0.3 is 14.6 Å². The molecule has 1 aliphatic rings. The average molecular weight is 396 g/mol. The van der Waals surface area contributed by atoms with Gasteiger partial charge in [0.25, 0.3) is 5.91 Å². The molecule has 2 rings (SSSR count). The molecule has 1 aliphatic heterocycles. The van der Waals surface area contributed by atoms with E-state index in [0.29, 0.717) is 33.9 Å². The topological polar surface area (TPSA) is 76.1 Å². The Morgan fingerprint density at radius 3 is 2.73 bits per heavy atom. The molecule has 0 bridgehead atoms. The number of thioether (sulfide) groups is 1. The van der Waals surface area contributed by atoms with Gasteiger partial charge in [-0.1, -0.05) is 37.0 Å². The van der Waals surface area contributed by atoms with Gasteiger partial charge in [-0.15, -0.1) is 0 Å². The molecule has 1 heterocycles. The van der Waals surface area contributed by atoms with E-state index in [1.807, 2.05) is 32.0 Å². The van der Waals surface area contributed by atoms with Crippen LogP contribution in [0.25, 0.3) is 6.08 Å². The number of hydrogen-bond acceptors (Lipinski definition) is 6. The van der Waals surface area contributed by atoms with Crippen molar-refractivity contribution in [1.82, 2.24) is 4.90 Å². The maximum Gasteiger partial charge on any atom is 0.305 e. The SMILES string of the molecule is CCCOc1ccc(/C=C2\SC(=S)N(CCC(=O)O)C2=O)cc1OCC. The van der Waals surface area contributed by atoms with Crippen LogP contribution in [-0.4, -0.2) is 46.0 Å². The first-order valence-corrected chi connectivity index (χ1v) is 9.55. The number of ether oxygens (including phenoxy) is 2. The summed E-state index contributed by atoms with van der Waals surface area (Å²) in [5.41, 5.74) is 0.788. The van der Waals surface area contributed by atoms with E-state index in [-0.39, 0.29) is 18.9 Å². The Morgan fingerprint density at radius 1 is 1.31 bits per heavy atom. The lowest BCUT2D eigenvalue weighted by Gasteiger charge is -2.12. The second-order valence-corrected chi connectivity index (χ2v) is 7.14. The lowest BCUT2D eigenvalue weighted by molar-refractivity contribution is -0.137. The van der Waals surface area contributed by atoms with Crippen molar-refractivity contribution in [2.24, 2.45) is 0 Å². The third-order valence-electron chi connectivity index (χ3n) is 3.45. The molecule has 1 saturated heterocycles. The van der Waals surface area contributed by atoms with Crippen LogP contribution in [0.4, 0.5) is 0 Å². The van der Waals surface area contributed by atoms with E-state index in [4.69, 9.17) is 26.8 Å². The number of benzene rings is 1. The van der Waals surface area contributed by atoms with Crippen molar-refractivity contribution in [1.29, 1.82) is 0 Å². The summed E-state index contributed by atoms with van der Waals surface area (Å²) in [5.74, 6) is 0.0495. The second-order valence-electron chi connectivity index (χ2n) is 5.46. The summed E-state index contributed by atoms with van der Waals surface area (Å²) in [5, 5.41) is 8.79. The maximum atomic E-state index is 12.5. The van der Waals surface area contributed by atoms with Gasteiger partial charge in [-0.05, 0) is 37.1 Å². The number of carbonyl (C=O) groups excluding carboxylic acids is 1. The fourth-order valence-corrected chi connectivity index (χ4v) is 3.57. The summed E-state index contributed by atoms with van der Waals surface area (Å²) in [7, 11) is 0. The summed E-state index contributed by atoms with van der Waals surface area (Å²) >= 11 is 6.36. The summed E-state index contributed by atoms with van der Waals surface area (Å²) in [6, 6.07) is 5.48. The molecule has 0 spiro atoms. The molecule has 1 fully saturated rings. The van der Waals surface area contributed by atoms with Crippen LogP contribution in [0.1, 0.15) is 32.3 Å². The number of carbonyl (C=O) groups is 2. The van der Waals surface area contributed by atoms with Gasteiger partial charge in [0.1, 0.15) is 4.32 Å². The fourth-order valence-electron chi connectivity index (χ4n) is 2.27. The van der Waals surface area contributed by atoms with E-state index in [9.17, 15) is 9.59 Å². The number of hydrogen-bond donors (Lipinski definition) is 1. The highest BCUT2D eigenvalue weighted by atomic mass is 32.2. The monoisotopic (exact) mass is 395 g/mol. The maximum absolute atomic E-state index is 12.5. The molecule has 0 unspecified atom stereocenters. The smallest absolute Gasteiger partial charge is 0.305 e. The number of carboxylic acids is 1. The largest absolute Gasteiger partial charge is 0.490 e. The van der Waals surface area contributed by atoms with Gasteiger partial charge in [0.05, 0.1) is 24.5 Å². The van der Waals surface area contributed by atoms with Crippen molar-refractivity contribution in [3.05, 3.63) is 28.7 Å². The first kappa shape index (κ1) is 20.3. The summed E-state index contributed by atoms with van der Waals surface area (Å²) < 4.78 is 11.7. The van der Waals surface area contributed by atoms with E-state index >= 15 is 0 Å². The molecular formula is C18H21NO5S2. The molecule has 1 amide bonds. The zero-order chi connectivity index (χ0) is 19.1. The predicted octanol–water partition coefficient (Wildman–Crippen LogP) is 3.55. The van der Waals surface area contributed by atoms with Gasteiger partial charge in [-0.3, -0.25) is 14.5 Å². The van der Waals surface area contributed by atoms with E-state index in [0.717, 1.165) is 12.0 Å². The van der Waals surface area contributed by atoms with Crippen LogP contribution < -0.4 is 9.47 Å². The average Bonchev–Trinajstić information content (AvgIpc) is 2.86. The van der Waals surface area contributed by atoms with Crippen LogP contribution in [0.15, 0.2) is 23.1 Å².